The maximum Gasteiger partial charge on any atom is 0.134 e. The molecule has 1 heterocycles. The van der Waals surface area contributed by atoms with Crippen LogP contribution in [0.1, 0.15) is 46.8 Å². The van der Waals surface area contributed by atoms with E-state index in [1.807, 2.05) is 36.4 Å². The van der Waals surface area contributed by atoms with Crippen LogP contribution in [0.2, 0.25) is 5.02 Å². The summed E-state index contributed by atoms with van der Waals surface area (Å²) < 4.78 is 5.93. The molecule has 120 valence electrons. The fourth-order valence-corrected chi connectivity index (χ4v) is 3.17. The van der Waals surface area contributed by atoms with Crippen molar-refractivity contribution in [2.75, 3.05) is 0 Å². The van der Waals surface area contributed by atoms with E-state index >= 15 is 0 Å². The Morgan fingerprint density at radius 3 is 2.41 bits per heavy atom. The molecule has 2 rings (SSSR count). The SMILES string of the molecule is CC(C)(C)CC(C)(C)NCc1ccc(-c2cccc(Cl)c2)o1. The average molecular weight is 320 g/mol. The third-order valence-corrected chi connectivity index (χ3v) is 3.72. The molecule has 0 aliphatic heterocycles. The van der Waals surface area contributed by atoms with Gasteiger partial charge in [-0.05, 0) is 49.9 Å². The van der Waals surface area contributed by atoms with E-state index in [2.05, 4.69) is 39.9 Å². The van der Waals surface area contributed by atoms with Crippen LogP contribution in [-0.2, 0) is 6.54 Å². The van der Waals surface area contributed by atoms with Gasteiger partial charge in [0.05, 0.1) is 6.54 Å². The predicted octanol–water partition coefficient (Wildman–Crippen LogP) is 5.90. The topological polar surface area (TPSA) is 25.2 Å². The van der Waals surface area contributed by atoms with Crippen molar-refractivity contribution in [1.29, 1.82) is 0 Å². The van der Waals surface area contributed by atoms with Gasteiger partial charge < -0.3 is 9.73 Å². The van der Waals surface area contributed by atoms with Crippen LogP contribution in [0, 0.1) is 5.41 Å². The third kappa shape index (κ3) is 5.19. The largest absolute Gasteiger partial charge is 0.460 e. The summed E-state index contributed by atoms with van der Waals surface area (Å²) in [6.07, 6.45) is 1.10. The lowest BCUT2D eigenvalue weighted by molar-refractivity contribution is 0.236. The summed E-state index contributed by atoms with van der Waals surface area (Å²) >= 11 is 6.03. The van der Waals surface area contributed by atoms with Crippen LogP contribution in [0.4, 0.5) is 0 Å². The highest BCUT2D eigenvalue weighted by atomic mass is 35.5. The molecule has 0 saturated carbocycles. The molecule has 0 atom stereocenters. The Hall–Kier alpha value is -1.25. The minimum absolute atomic E-state index is 0.0707. The average Bonchev–Trinajstić information content (AvgIpc) is 2.82. The van der Waals surface area contributed by atoms with Crippen LogP contribution < -0.4 is 5.32 Å². The summed E-state index contributed by atoms with van der Waals surface area (Å²) in [7, 11) is 0. The maximum atomic E-state index is 6.03. The summed E-state index contributed by atoms with van der Waals surface area (Å²) in [4.78, 5) is 0. The number of furan rings is 1. The van der Waals surface area contributed by atoms with E-state index in [4.69, 9.17) is 16.0 Å². The zero-order chi connectivity index (χ0) is 16.4. The molecule has 3 heteroatoms. The molecule has 0 aliphatic carbocycles. The molecule has 1 N–H and O–H groups in total. The summed E-state index contributed by atoms with van der Waals surface area (Å²) in [5.74, 6) is 1.80. The number of hydrogen-bond acceptors (Lipinski definition) is 2. The van der Waals surface area contributed by atoms with Crippen molar-refractivity contribution in [3.63, 3.8) is 0 Å². The number of nitrogens with one attached hydrogen (secondary N) is 1. The Bertz CT molecular complexity index is 622. The van der Waals surface area contributed by atoms with Gasteiger partial charge in [-0.3, -0.25) is 0 Å². The minimum Gasteiger partial charge on any atom is -0.460 e. The van der Waals surface area contributed by atoms with Gasteiger partial charge in [0, 0.05) is 16.1 Å². The molecular formula is C19H26ClNO. The van der Waals surface area contributed by atoms with Gasteiger partial charge in [0.1, 0.15) is 11.5 Å². The van der Waals surface area contributed by atoms with Crippen molar-refractivity contribution in [3.05, 3.63) is 47.2 Å². The van der Waals surface area contributed by atoms with Gasteiger partial charge >= 0.3 is 0 Å². The van der Waals surface area contributed by atoms with Crippen LogP contribution in [0.5, 0.6) is 0 Å². The van der Waals surface area contributed by atoms with E-state index in [0.717, 1.165) is 35.1 Å². The van der Waals surface area contributed by atoms with Crippen LogP contribution in [0.15, 0.2) is 40.8 Å². The molecule has 0 saturated heterocycles. The van der Waals surface area contributed by atoms with Gasteiger partial charge in [0.25, 0.3) is 0 Å². The fraction of sp³-hybridized carbons (Fsp3) is 0.474. The first-order chi connectivity index (χ1) is 10.1. The standard InChI is InChI=1S/C19H26ClNO/c1-18(2,3)13-19(4,5)21-12-16-9-10-17(22-16)14-7-6-8-15(20)11-14/h6-11,21H,12-13H2,1-5H3. The monoisotopic (exact) mass is 319 g/mol. The van der Waals surface area contributed by atoms with Crippen molar-refractivity contribution in [3.8, 4) is 11.3 Å². The lowest BCUT2D eigenvalue weighted by atomic mass is 9.82. The van der Waals surface area contributed by atoms with Crippen molar-refractivity contribution in [2.24, 2.45) is 5.41 Å². The normalized spacial score (nSPS) is 12.6. The second-order valence-corrected chi connectivity index (χ2v) is 8.19. The minimum atomic E-state index is 0.0707. The molecule has 0 bridgehead atoms. The number of hydrogen-bond donors (Lipinski definition) is 1. The molecule has 0 aliphatic rings. The van der Waals surface area contributed by atoms with Crippen LogP contribution >= 0.6 is 11.6 Å². The Morgan fingerprint density at radius 1 is 1.05 bits per heavy atom. The predicted molar refractivity (Wildman–Crippen MR) is 94.1 cm³/mol. The summed E-state index contributed by atoms with van der Waals surface area (Å²) in [5.41, 5.74) is 1.38. The lowest BCUT2D eigenvalue weighted by Crippen LogP contribution is -2.41. The van der Waals surface area contributed by atoms with Gasteiger partial charge in [0.15, 0.2) is 0 Å². The summed E-state index contributed by atoms with van der Waals surface area (Å²) in [6, 6.07) is 11.7. The Labute approximate surface area is 138 Å². The second kappa shape index (κ2) is 6.47. The molecule has 22 heavy (non-hydrogen) atoms. The highest BCUT2D eigenvalue weighted by Gasteiger charge is 2.25. The molecule has 0 fully saturated rings. The summed E-state index contributed by atoms with van der Waals surface area (Å²) in [5, 5.41) is 4.31. The van der Waals surface area contributed by atoms with Gasteiger partial charge in [-0.25, -0.2) is 0 Å². The smallest absolute Gasteiger partial charge is 0.134 e. The molecule has 0 unspecified atom stereocenters. The van der Waals surface area contributed by atoms with E-state index < -0.39 is 0 Å². The molecule has 2 nitrogen and oxygen atoms in total. The van der Waals surface area contributed by atoms with Crippen molar-refractivity contribution < 1.29 is 4.42 Å². The van der Waals surface area contributed by atoms with Crippen LogP contribution in [0.3, 0.4) is 0 Å². The van der Waals surface area contributed by atoms with Crippen molar-refractivity contribution in [2.45, 2.75) is 53.1 Å². The van der Waals surface area contributed by atoms with E-state index in [1.165, 1.54) is 0 Å². The Morgan fingerprint density at radius 2 is 1.77 bits per heavy atom. The first kappa shape index (κ1) is 17.1. The first-order valence-electron chi connectivity index (χ1n) is 7.74. The van der Waals surface area contributed by atoms with Gasteiger partial charge in [0.2, 0.25) is 0 Å². The molecule has 1 aromatic heterocycles. The van der Waals surface area contributed by atoms with Gasteiger partial charge in [-0.1, -0.05) is 44.5 Å². The zero-order valence-corrected chi connectivity index (χ0v) is 14.9. The highest BCUT2D eigenvalue weighted by Crippen LogP contribution is 2.28. The molecule has 1 aromatic carbocycles. The second-order valence-electron chi connectivity index (χ2n) is 7.75. The number of benzene rings is 1. The number of halogens is 1. The molecule has 0 radical (unpaired) electrons. The number of rotatable bonds is 5. The lowest BCUT2D eigenvalue weighted by Gasteiger charge is -2.33. The maximum absolute atomic E-state index is 6.03. The van der Waals surface area contributed by atoms with Gasteiger partial charge in [-0.2, -0.15) is 0 Å². The van der Waals surface area contributed by atoms with E-state index in [1.54, 1.807) is 0 Å². The van der Waals surface area contributed by atoms with E-state index in [-0.39, 0.29) is 5.54 Å². The Balaban J connectivity index is 2.01. The van der Waals surface area contributed by atoms with Crippen LogP contribution in [-0.4, -0.2) is 5.54 Å². The Kier molecular flexibility index (Phi) is 5.03. The molecule has 2 aromatic rings. The van der Waals surface area contributed by atoms with Gasteiger partial charge in [-0.15, -0.1) is 0 Å². The zero-order valence-electron chi connectivity index (χ0n) is 14.2. The highest BCUT2D eigenvalue weighted by molar-refractivity contribution is 6.30. The fourth-order valence-electron chi connectivity index (χ4n) is 2.98. The third-order valence-electron chi connectivity index (χ3n) is 3.48. The summed E-state index contributed by atoms with van der Waals surface area (Å²) in [6.45, 7) is 12.0. The van der Waals surface area contributed by atoms with Crippen molar-refractivity contribution >= 4 is 11.6 Å². The molecule has 0 spiro atoms. The molecular weight excluding hydrogens is 294 g/mol. The molecule has 0 amide bonds. The quantitative estimate of drug-likeness (QED) is 0.741. The van der Waals surface area contributed by atoms with Crippen LogP contribution in [0.25, 0.3) is 11.3 Å². The first-order valence-corrected chi connectivity index (χ1v) is 8.12. The van der Waals surface area contributed by atoms with Crippen molar-refractivity contribution in [1.82, 2.24) is 5.32 Å². The van der Waals surface area contributed by atoms with E-state index in [0.29, 0.717) is 5.41 Å². The van der Waals surface area contributed by atoms with E-state index in [9.17, 15) is 0 Å².